The van der Waals surface area contributed by atoms with Crippen LogP contribution in [0.25, 0.3) is 0 Å². The molecule has 0 radical (unpaired) electrons. The standard InChI is InChI=1S/C16H25NO3/c1-4-5-6-7-18-14-9-16-15(19-11-20-16)8-13(14)10-17-12(2)3/h8-9,12,17H,4-7,10-11H2,1-3H3. The Balaban J connectivity index is 2.05. The molecule has 0 unspecified atom stereocenters. The highest BCUT2D eigenvalue weighted by Gasteiger charge is 2.18. The largest absolute Gasteiger partial charge is 0.493 e. The van der Waals surface area contributed by atoms with Crippen molar-refractivity contribution in [3.8, 4) is 17.2 Å². The first-order valence-corrected chi connectivity index (χ1v) is 7.49. The molecule has 0 amide bonds. The summed E-state index contributed by atoms with van der Waals surface area (Å²) < 4.78 is 16.8. The van der Waals surface area contributed by atoms with E-state index >= 15 is 0 Å². The molecule has 0 saturated carbocycles. The summed E-state index contributed by atoms with van der Waals surface area (Å²) in [6, 6.07) is 4.41. The van der Waals surface area contributed by atoms with Gasteiger partial charge in [0.2, 0.25) is 6.79 Å². The molecule has 0 saturated heterocycles. The average molecular weight is 279 g/mol. The maximum Gasteiger partial charge on any atom is 0.231 e. The van der Waals surface area contributed by atoms with Gasteiger partial charge in [0.1, 0.15) is 5.75 Å². The number of hydrogen-bond donors (Lipinski definition) is 1. The molecule has 20 heavy (non-hydrogen) atoms. The van der Waals surface area contributed by atoms with E-state index in [1.54, 1.807) is 0 Å². The molecule has 1 aromatic carbocycles. The number of fused-ring (bicyclic) bond motifs is 1. The van der Waals surface area contributed by atoms with E-state index in [4.69, 9.17) is 14.2 Å². The zero-order valence-electron chi connectivity index (χ0n) is 12.7. The summed E-state index contributed by atoms with van der Waals surface area (Å²) in [6.07, 6.45) is 3.48. The van der Waals surface area contributed by atoms with Gasteiger partial charge >= 0.3 is 0 Å². The van der Waals surface area contributed by atoms with Crippen molar-refractivity contribution in [2.75, 3.05) is 13.4 Å². The SMILES string of the molecule is CCCCCOc1cc2c(cc1CNC(C)C)OCO2. The minimum absolute atomic E-state index is 0.297. The second-order valence-corrected chi connectivity index (χ2v) is 5.40. The molecule has 0 spiro atoms. The van der Waals surface area contributed by atoms with E-state index in [2.05, 4.69) is 26.1 Å². The third-order valence-electron chi connectivity index (χ3n) is 3.26. The second kappa shape index (κ2) is 7.39. The van der Waals surface area contributed by atoms with Crippen LogP contribution in [0.4, 0.5) is 0 Å². The Morgan fingerprint density at radius 2 is 1.95 bits per heavy atom. The van der Waals surface area contributed by atoms with Gasteiger partial charge in [-0.3, -0.25) is 0 Å². The molecule has 2 rings (SSSR count). The maximum absolute atomic E-state index is 5.92. The number of benzene rings is 1. The molecule has 0 atom stereocenters. The van der Waals surface area contributed by atoms with Crippen molar-refractivity contribution >= 4 is 0 Å². The van der Waals surface area contributed by atoms with Crippen molar-refractivity contribution in [2.24, 2.45) is 0 Å². The second-order valence-electron chi connectivity index (χ2n) is 5.40. The Hall–Kier alpha value is -1.42. The monoisotopic (exact) mass is 279 g/mol. The molecule has 1 aliphatic heterocycles. The Bertz CT molecular complexity index is 432. The smallest absolute Gasteiger partial charge is 0.231 e. The lowest BCUT2D eigenvalue weighted by Gasteiger charge is -2.14. The van der Waals surface area contributed by atoms with Crippen molar-refractivity contribution in [1.29, 1.82) is 0 Å². The summed E-state index contributed by atoms with van der Waals surface area (Å²) in [6.45, 7) is 8.29. The fraction of sp³-hybridized carbons (Fsp3) is 0.625. The number of nitrogens with one attached hydrogen (secondary N) is 1. The van der Waals surface area contributed by atoms with Gasteiger partial charge in [0.15, 0.2) is 11.5 Å². The van der Waals surface area contributed by atoms with E-state index in [0.29, 0.717) is 12.8 Å². The fourth-order valence-corrected chi connectivity index (χ4v) is 2.09. The zero-order valence-corrected chi connectivity index (χ0v) is 12.7. The maximum atomic E-state index is 5.92. The van der Waals surface area contributed by atoms with Gasteiger partial charge < -0.3 is 19.5 Å². The highest BCUT2D eigenvalue weighted by Crippen LogP contribution is 2.38. The molecule has 1 aromatic rings. The Morgan fingerprint density at radius 3 is 2.65 bits per heavy atom. The minimum Gasteiger partial charge on any atom is -0.493 e. The van der Waals surface area contributed by atoms with Gasteiger partial charge in [-0.1, -0.05) is 33.6 Å². The summed E-state index contributed by atoms with van der Waals surface area (Å²) >= 11 is 0. The lowest BCUT2D eigenvalue weighted by atomic mass is 10.1. The van der Waals surface area contributed by atoms with Gasteiger partial charge in [0.05, 0.1) is 6.61 Å². The zero-order chi connectivity index (χ0) is 14.4. The van der Waals surface area contributed by atoms with Crippen molar-refractivity contribution < 1.29 is 14.2 Å². The van der Waals surface area contributed by atoms with E-state index in [1.807, 2.05) is 12.1 Å². The van der Waals surface area contributed by atoms with E-state index in [-0.39, 0.29) is 0 Å². The predicted octanol–water partition coefficient (Wildman–Crippen LogP) is 3.48. The van der Waals surface area contributed by atoms with E-state index in [0.717, 1.165) is 42.4 Å². The first-order chi connectivity index (χ1) is 9.70. The molecular weight excluding hydrogens is 254 g/mol. The van der Waals surface area contributed by atoms with Gasteiger partial charge in [0.25, 0.3) is 0 Å². The highest BCUT2D eigenvalue weighted by molar-refractivity contribution is 5.51. The highest BCUT2D eigenvalue weighted by atomic mass is 16.7. The number of unbranched alkanes of at least 4 members (excludes halogenated alkanes) is 2. The van der Waals surface area contributed by atoms with Crippen LogP contribution in [-0.2, 0) is 6.54 Å². The summed E-state index contributed by atoms with van der Waals surface area (Å²) in [4.78, 5) is 0. The lowest BCUT2D eigenvalue weighted by molar-refractivity contribution is 0.173. The van der Waals surface area contributed by atoms with Gasteiger partial charge in [-0.25, -0.2) is 0 Å². The molecule has 4 nitrogen and oxygen atoms in total. The summed E-state index contributed by atoms with van der Waals surface area (Å²) in [7, 11) is 0. The molecule has 0 aromatic heterocycles. The van der Waals surface area contributed by atoms with Crippen LogP contribution >= 0.6 is 0 Å². The van der Waals surface area contributed by atoms with Crippen LogP contribution < -0.4 is 19.5 Å². The van der Waals surface area contributed by atoms with E-state index in [9.17, 15) is 0 Å². The lowest BCUT2D eigenvalue weighted by Crippen LogP contribution is -2.22. The Kier molecular flexibility index (Phi) is 5.53. The van der Waals surface area contributed by atoms with Crippen LogP contribution in [0.5, 0.6) is 17.2 Å². The van der Waals surface area contributed by atoms with Crippen molar-refractivity contribution in [3.63, 3.8) is 0 Å². The fourth-order valence-electron chi connectivity index (χ4n) is 2.09. The van der Waals surface area contributed by atoms with E-state index < -0.39 is 0 Å². The Morgan fingerprint density at radius 1 is 1.20 bits per heavy atom. The summed E-state index contributed by atoms with van der Waals surface area (Å²) in [5.41, 5.74) is 1.12. The topological polar surface area (TPSA) is 39.7 Å². The first-order valence-electron chi connectivity index (χ1n) is 7.49. The predicted molar refractivity (Wildman–Crippen MR) is 79.6 cm³/mol. The van der Waals surface area contributed by atoms with Crippen LogP contribution in [0.1, 0.15) is 45.6 Å². The first kappa shape index (κ1) is 15.0. The molecule has 0 aliphatic carbocycles. The van der Waals surface area contributed by atoms with Crippen LogP contribution in [0.3, 0.4) is 0 Å². The summed E-state index contributed by atoms with van der Waals surface area (Å²) in [5.74, 6) is 2.49. The molecule has 1 heterocycles. The van der Waals surface area contributed by atoms with Crippen molar-refractivity contribution in [1.82, 2.24) is 5.32 Å². The average Bonchev–Trinajstić information content (AvgIpc) is 2.87. The Labute approximate surface area is 121 Å². The molecule has 112 valence electrons. The van der Waals surface area contributed by atoms with Crippen molar-refractivity contribution in [2.45, 2.75) is 52.6 Å². The van der Waals surface area contributed by atoms with Gasteiger partial charge in [0, 0.05) is 24.2 Å². The minimum atomic E-state index is 0.297. The van der Waals surface area contributed by atoms with Crippen LogP contribution in [0.15, 0.2) is 12.1 Å². The molecule has 4 heteroatoms. The molecule has 0 bridgehead atoms. The molecule has 1 aliphatic rings. The number of rotatable bonds is 8. The van der Waals surface area contributed by atoms with Crippen molar-refractivity contribution in [3.05, 3.63) is 17.7 Å². The number of hydrogen-bond acceptors (Lipinski definition) is 4. The summed E-state index contributed by atoms with van der Waals surface area (Å²) in [5, 5.41) is 3.42. The van der Waals surface area contributed by atoms with E-state index in [1.165, 1.54) is 12.8 Å². The molecular formula is C16H25NO3. The molecule has 1 N–H and O–H groups in total. The normalized spacial score (nSPS) is 13.0. The molecule has 0 fully saturated rings. The third-order valence-corrected chi connectivity index (χ3v) is 3.26. The van der Waals surface area contributed by atoms with Gasteiger partial charge in [-0.2, -0.15) is 0 Å². The van der Waals surface area contributed by atoms with Crippen LogP contribution in [-0.4, -0.2) is 19.4 Å². The van der Waals surface area contributed by atoms with Gasteiger partial charge in [-0.15, -0.1) is 0 Å². The van der Waals surface area contributed by atoms with Crippen LogP contribution in [0, 0.1) is 0 Å². The van der Waals surface area contributed by atoms with Crippen LogP contribution in [0.2, 0.25) is 0 Å². The third kappa shape index (κ3) is 4.04. The van der Waals surface area contributed by atoms with Gasteiger partial charge in [-0.05, 0) is 12.5 Å². The number of ether oxygens (including phenoxy) is 3. The quantitative estimate of drug-likeness (QED) is 0.740.